The molecule has 5 N–H and O–H groups in total. The Morgan fingerprint density at radius 1 is 0.824 bits per heavy atom. The third-order valence-corrected chi connectivity index (χ3v) is 7.07. The first kappa shape index (κ1) is 23.2. The maximum atomic E-state index is 12.9. The number of benzene rings is 4. The van der Waals surface area contributed by atoms with Gasteiger partial charge in [0, 0.05) is 11.8 Å². The molecule has 0 heterocycles. The largest absolute Gasteiger partial charge is 0.507 e. The first-order valence-corrected chi connectivity index (χ1v) is 12.6. The molecular formula is C22H18N4O6S2. The van der Waals surface area contributed by atoms with Crippen LogP contribution in [0.1, 0.15) is 0 Å². The van der Waals surface area contributed by atoms with Crippen molar-refractivity contribution in [3.05, 3.63) is 78.9 Å². The van der Waals surface area contributed by atoms with Crippen LogP contribution in [0.15, 0.2) is 98.9 Å². The van der Waals surface area contributed by atoms with Crippen LogP contribution in [0.3, 0.4) is 0 Å². The Morgan fingerprint density at radius 3 is 2.21 bits per heavy atom. The summed E-state index contributed by atoms with van der Waals surface area (Å²) in [5, 5.41) is 18.9. The second-order valence-corrected chi connectivity index (χ2v) is 10.2. The summed E-state index contributed by atoms with van der Waals surface area (Å²) in [7, 11) is -8.57. The van der Waals surface area contributed by atoms with Crippen molar-refractivity contribution in [2.45, 2.75) is 9.79 Å². The van der Waals surface area contributed by atoms with Gasteiger partial charge in [0.15, 0.2) is 0 Å². The Kier molecular flexibility index (Phi) is 5.96. The number of nitrogens with one attached hydrogen (secondary N) is 1. The lowest BCUT2D eigenvalue weighted by atomic mass is 10.1. The number of phenolic OH excluding ortho intramolecular Hbond substituents is 1. The van der Waals surface area contributed by atoms with Gasteiger partial charge in [0.1, 0.15) is 22.0 Å². The normalized spacial score (nSPS) is 12.3. The highest BCUT2D eigenvalue weighted by molar-refractivity contribution is 7.92. The molecule has 4 rings (SSSR count). The molecule has 10 nitrogen and oxygen atoms in total. The summed E-state index contributed by atoms with van der Waals surface area (Å²) in [6, 6.07) is 19.1. The number of nitrogens with two attached hydrogens (primary N) is 1. The smallest absolute Gasteiger partial charge is 0.294 e. The lowest BCUT2D eigenvalue weighted by Gasteiger charge is -2.10. The molecule has 0 aliphatic rings. The van der Waals surface area contributed by atoms with Crippen LogP contribution in [-0.4, -0.2) is 26.5 Å². The van der Waals surface area contributed by atoms with Crippen molar-refractivity contribution >= 4 is 53.7 Å². The molecule has 0 unspecified atom stereocenters. The van der Waals surface area contributed by atoms with Gasteiger partial charge in [-0.25, -0.2) is 8.42 Å². The zero-order valence-corrected chi connectivity index (χ0v) is 19.0. The van der Waals surface area contributed by atoms with Gasteiger partial charge < -0.3 is 10.8 Å². The van der Waals surface area contributed by atoms with Crippen molar-refractivity contribution in [2.75, 3.05) is 10.5 Å². The molecule has 34 heavy (non-hydrogen) atoms. The molecule has 0 fully saturated rings. The van der Waals surface area contributed by atoms with Crippen molar-refractivity contribution in [1.82, 2.24) is 0 Å². The number of sulfonamides is 1. The van der Waals surface area contributed by atoms with Crippen LogP contribution in [0.25, 0.3) is 10.8 Å². The molecule has 4 aromatic carbocycles. The standard InChI is InChI=1S/C22H18N4O6S2/c23-17-11-10-14-12-16(34(30,31)32)13-19(27)21(14)22(17)25-24-18-8-4-5-9-20(18)33(28,29)26-15-6-2-1-3-7-15/h1-13,26-27H,23H2,(H,30,31,32). The average molecular weight is 499 g/mol. The van der Waals surface area contributed by atoms with Crippen LogP contribution in [0.5, 0.6) is 5.75 Å². The van der Waals surface area contributed by atoms with E-state index in [1.54, 1.807) is 36.4 Å². The van der Waals surface area contributed by atoms with Crippen LogP contribution in [0.2, 0.25) is 0 Å². The molecule has 0 bridgehead atoms. The summed E-state index contributed by atoms with van der Waals surface area (Å²) < 4.78 is 60.6. The molecule has 0 aliphatic carbocycles. The fraction of sp³-hybridized carbons (Fsp3) is 0. The van der Waals surface area contributed by atoms with Gasteiger partial charge >= 0.3 is 0 Å². The number of aromatic hydroxyl groups is 1. The Bertz CT molecular complexity index is 1640. The monoisotopic (exact) mass is 498 g/mol. The zero-order valence-electron chi connectivity index (χ0n) is 17.3. The maximum absolute atomic E-state index is 12.9. The van der Waals surface area contributed by atoms with Gasteiger partial charge in [0.2, 0.25) is 0 Å². The summed E-state index contributed by atoms with van der Waals surface area (Å²) in [6.45, 7) is 0. The first-order chi connectivity index (χ1) is 16.1. The van der Waals surface area contributed by atoms with E-state index in [4.69, 9.17) is 5.73 Å². The second-order valence-electron chi connectivity index (χ2n) is 7.16. The highest BCUT2D eigenvalue weighted by Crippen LogP contribution is 2.40. The summed E-state index contributed by atoms with van der Waals surface area (Å²) in [5.41, 5.74) is 6.49. The minimum absolute atomic E-state index is 0.0000994. The van der Waals surface area contributed by atoms with Gasteiger partial charge in [-0.1, -0.05) is 36.4 Å². The van der Waals surface area contributed by atoms with Crippen LogP contribution < -0.4 is 10.5 Å². The Hall–Kier alpha value is -4.00. The SMILES string of the molecule is Nc1ccc2cc(S(=O)(=O)O)cc(O)c2c1N=Nc1ccccc1S(=O)(=O)Nc1ccccc1. The predicted octanol–water partition coefficient (Wildman–Crippen LogP) is 4.59. The fourth-order valence-corrected chi connectivity index (χ4v) is 4.99. The third-order valence-electron chi connectivity index (χ3n) is 4.81. The summed E-state index contributed by atoms with van der Waals surface area (Å²) in [5.74, 6) is -0.502. The molecule has 0 amide bonds. The van der Waals surface area contributed by atoms with Crippen LogP contribution in [0.4, 0.5) is 22.7 Å². The minimum atomic E-state index is -4.56. The van der Waals surface area contributed by atoms with Crippen LogP contribution >= 0.6 is 0 Å². The number of hydrogen-bond donors (Lipinski definition) is 4. The third kappa shape index (κ3) is 4.69. The fourth-order valence-electron chi connectivity index (χ4n) is 3.26. The van der Waals surface area contributed by atoms with Gasteiger partial charge in [0.25, 0.3) is 20.1 Å². The molecule has 12 heteroatoms. The zero-order chi connectivity index (χ0) is 24.5. The number of anilines is 2. The van der Waals surface area contributed by atoms with Gasteiger partial charge in [-0.05, 0) is 41.8 Å². The summed E-state index contributed by atoms with van der Waals surface area (Å²) in [6.07, 6.45) is 0. The van der Waals surface area contributed by atoms with Crippen molar-refractivity contribution in [3.8, 4) is 5.75 Å². The van der Waals surface area contributed by atoms with E-state index >= 15 is 0 Å². The van der Waals surface area contributed by atoms with Crippen molar-refractivity contribution in [3.63, 3.8) is 0 Å². The number of rotatable bonds is 6. The van der Waals surface area contributed by atoms with Gasteiger partial charge in [-0.15, -0.1) is 10.2 Å². The number of phenols is 1. The molecule has 4 aromatic rings. The minimum Gasteiger partial charge on any atom is -0.507 e. The van der Waals surface area contributed by atoms with Crippen LogP contribution in [-0.2, 0) is 20.1 Å². The highest BCUT2D eigenvalue weighted by Gasteiger charge is 2.20. The number of hydrogen-bond acceptors (Lipinski definition) is 8. The van der Waals surface area contributed by atoms with E-state index in [0.29, 0.717) is 5.69 Å². The predicted molar refractivity (Wildman–Crippen MR) is 128 cm³/mol. The van der Waals surface area contributed by atoms with Gasteiger partial charge in [-0.2, -0.15) is 8.42 Å². The topological polar surface area (TPSA) is 172 Å². The molecule has 0 spiro atoms. The Balaban J connectivity index is 1.80. The molecular weight excluding hydrogens is 480 g/mol. The van der Waals surface area contributed by atoms with Crippen molar-refractivity contribution in [1.29, 1.82) is 0 Å². The van der Waals surface area contributed by atoms with Crippen molar-refractivity contribution in [2.24, 2.45) is 10.2 Å². The van der Waals surface area contributed by atoms with E-state index in [-0.39, 0.29) is 32.7 Å². The maximum Gasteiger partial charge on any atom is 0.294 e. The Labute approximate surface area is 195 Å². The second kappa shape index (κ2) is 8.74. The van der Waals surface area contributed by atoms with E-state index in [9.17, 15) is 26.5 Å². The van der Waals surface area contributed by atoms with E-state index in [1.807, 2.05) is 0 Å². The summed E-state index contributed by atoms with van der Waals surface area (Å²) in [4.78, 5) is -0.645. The van der Waals surface area contributed by atoms with Crippen molar-refractivity contribution < 1.29 is 26.5 Å². The molecule has 0 aliphatic heterocycles. The Morgan fingerprint density at radius 2 is 1.50 bits per heavy atom. The lowest BCUT2D eigenvalue weighted by Crippen LogP contribution is -2.12. The molecule has 174 valence electrons. The molecule has 0 radical (unpaired) electrons. The number of nitrogen functional groups attached to an aromatic ring is 1. The number of nitrogens with zero attached hydrogens (tertiary/aromatic N) is 2. The van der Waals surface area contributed by atoms with Crippen LogP contribution in [0, 0.1) is 0 Å². The summed E-state index contributed by atoms with van der Waals surface area (Å²) >= 11 is 0. The molecule has 0 aromatic heterocycles. The lowest BCUT2D eigenvalue weighted by molar-refractivity contribution is 0.471. The van der Waals surface area contributed by atoms with E-state index in [0.717, 1.165) is 12.1 Å². The number of para-hydroxylation sites is 1. The molecule has 0 saturated heterocycles. The highest BCUT2D eigenvalue weighted by atomic mass is 32.2. The first-order valence-electron chi connectivity index (χ1n) is 9.67. The van der Waals surface area contributed by atoms with E-state index < -0.39 is 30.8 Å². The average Bonchev–Trinajstić information content (AvgIpc) is 2.78. The molecule has 0 atom stereocenters. The quantitative estimate of drug-likeness (QED) is 0.171. The van der Waals surface area contributed by atoms with Gasteiger partial charge in [-0.3, -0.25) is 9.27 Å². The van der Waals surface area contributed by atoms with Gasteiger partial charge in [0.05, 0.1) is 16.0 Å². The van der Waals surface area contributed by atoms with E-state index in [1.165, 1.54) is 30.3 Å². The molecule has 0 saturated carbocycles. The number of azo groups is 1. The van der Waals surface area contributed by atoms with E-state index in [2.05, 4.69) is 15.0 Å². The number of fused-ring (bicyclic) bond motifs is 1.